The van der Waals surface area contributed by atoms with Gasteiger partial charge in [-0.05, 0) is 20.8 Å². The van der Waals surface area contributed by atoms with Crippen LogP contribution in [0.15, 0.2) is 11.6 Å². The number of hydrogen-bond donors (Lipinski definition) is 2. The summed E-state index contributed by atoms with van der Waals surface area (Å²) in [5.41, 5.74) is 0.952. The van der Waals surface area contributed by atoms with Gasteiger partial charge in [0.15, 0.2) is 0 Å². The van der Waals surface area contributed by atoms with E-state index in [0.717, 1.165) is 5.57 Å². The van der Waals surface area contributed by atoms with Crippen molar-refractivity contribution in [1.29, 1.82) is 0 Å². The van der Waals surface area contributed by atoms with Crippen LogP contribution in [0.5, 0.6) is 0 Å². The molecule has 0 fully saturated rings. The molecule has 11 heavy (non-hydrogen) atoms. The molecule has 0 spiro atoms. The summed E-state index contributed by atoms with van der Waals surface area (Å²) in [4.78, 5) is 10.9. The van der Waals surface area contributed by atoms with Gasteiger partial charge in [0.1, 0.15) is 0 Å². The number of rotatable bonds is 3. The highest BCUT2D eigenvalue weighted by molar-refractivity contribution is 5.88. The van der Waals surface area contributed by atoms with Gasteiger partial charge in [0.25, 0.3) is 0 Å². The third kappa shape index (κ3) is 5.61. The fourth-order valence-corrected chi connectivity index (χ4v) is 0.592. The van der Waals surface area contributed by atoms with Crippen molar-refractivity contribution in [2.75, 3.05) is 6.61 Å². The molecule has 0 saturated heterocycles. The summed E-state index contributed by atoms with van der Waals surface area (Å²) >= 11 is 0. The number of carbonyl (C=O) groups excluding carboxylic acids is 1. The average Bonchev–Trinajstić information content (AvgIpc) is 1.85. The molecule has 0 aliphatic carbocycles. The molecule has 3 nitrogen and oxygen atoms in total. The molecule has 0 aromatic heterocycles. The first-order chi connectivity index (χ1) is 5.06. The van der Waals surface area contributed by atoms with Crippen molar-refractivity contribution in [2.24, 2.45) is 0 Å². The van der Waals surface area contributed by atoms with Crippen molar-refractivity contribution in [3.05, 3.63) is 11.6 Å². The second kappa shape index (κ2) is 4.91. The van der Waals surface area contributed by atoms with E-state index in [1.54, 1.807) is 6.92 Å². The normalized spacial score (nSPS) is 12.0. The summed E-state index contributed by atoms with van der Waals surface area (Å²) < 4.78 is 0. The number of carbonyl (C=O) groups is 1. The van der Waals surface area contributed by atoms with Crippen LogP contribution in [-0.4, -0.2) is 23.7 Å². The Labute approximate surface area is 67.1 Å². The highest BCUT2D eigenvalue weighted by Crippen LogP contribution is 1.88. The minimum absolute atomic E-state index is 0.0255. The average molecular weight is 157 g/mol. The summed E-state index contributed by atoms with van der Waals surface area (Å²) in [5, 5.41) is 11.2. The first-order valence-corrected chi connectivity index (χ1v) is 3.62. The maximum absolute atomic E-state index is 10.9. The molecule has 1 unspecified atom stereocenters. The SMILES string of the molecule is CC(C)=CC(=O)NC(C)CO. The van der Waals surface area contributed by atoms with Crippen LogP contribution in [0.25, 0.3) is 0 Å². The first-order valence-electron chi connectivity index (χ1n) is 3.62. The van der Waals surface area contributed by atoms with E-state index in [9.17, 15) is 4.79 Å². The van der Waals surface area contributed by atoms with E-state index in [0.29, 0.717) is 0 Å². The molecule has 0 saturated carbocycles. The van der Waals surface area contributed by atoms with Crippen LogP contribution < -0.4 is 5.32 Å². The molecular formula is C8H15NO2. The zero-order chi connectivity index (χ0) is 8.85. The van der Waals surface area contributed by atoms with Gasteiger partial charge in [-0.3, -0.25) is 4.79 Å². The Kier molecular flexibility index (Phi) is 4.54. The molecule has 1 amide bonds. The Morgan fingerprint density at radius 2 is 2.18 bits per heavy atom. The van der Waals surface area contributed by atoms with Crippen molar-refractivity contribution in [1.82, 2.24) is 5.32 Å². The second-order valence-corrected chi connectivity index (χ2v) is 2.81. The number of aliphatic hydroxyl groups is 1. The largest absolute Gasteiger partial charge is 0.394 e. The standard InChI is InChI=1S/C8H15NO2/c1-6(2)4-8(11)9-7(3)5-10/h4,7,10H,5H2,1-3H3,(H,9,11). The number of aliphatic hydroxyl groups excluding tert-OH is 1. The van der Waals surface area contributed by atoms with Crippen molar-refractivity contribution in [3.8, 4) is 0 Å². The third-order valence-corrected chi connectivity index (χ3v) is 1.08. The minimum Gasteiger partial charge on any atom is -0.394 e. The Hall–Kier alpha value is -0.830. The highest BCUT2D eigenvalue weighted by atomic mass is 16.3. The zero-order valence-electron chi connectivity index (χ0n) is 7.22. The fourth-order valence-electron chi connectivity index (χ4n) is 0.592. The highest BCUT2D eigenvalue weighted by Gasteiger charge is 2.01. The van der Waals surface area contributed by atoms with E-state index in [4.69, 9.17) is 5.11 Å². The predicted octanol–water partition coefficient (Wildman–Crippen LogP) is 0.450. The second-order valence-electron chi connectivity index (χ2n) is 2.81. The van der Waals surface area contributed by atoms with Gasteiger partial charge in [-0.25, -0.2) is 0 Å². The smallest absolute Gasteiger partial charge is 0.244 e. The molecule has 0 heterocycles. The van der Waals surface area contributed by atoms with Crippen LogP contribution in [0, 0.1) is 0 Å². The quantitative estimate of drug-likeness (QED) is 0.584. The fraction of sp³-hybridized carbons (Fsp3) is 0.625. The van der Waals surface area contributed by atoms with E-state index >= 15 is 0 Å². The number of allylic oxidation sites excluding steroid dienone is 1. The Morgan fingerprint density at radius 1 is 1.64 bits per heavy atom. The lowest BCUT2D eigenvalue weighted by atomic mass is 10.3. The Balaban J connectivity index is 3.79. The predicted molar refractivity (Wildman–Crippen MR) is 44.1 cm³/mol. The molecule has 0 aliphatic heterocycles. The summed E-state index contributed by atoms with van der Waals surface area (Å²) in [6.07, 6.45) is 1.51. The van der Waals surface area contributed by atoms with Crippen LogP contribution in [-0.2, 0) is 4.79 Å². The lowest BCUT2D eigenvalue weighted by Crippen LogP contribution is -2.33. The van der Waals surface area contributed by atoms with Gasteiger partial charge in [0.05, 0.1) is 6.61 Å². The molecule has 2 N–H and O–H groups in total. The summed E-state index contributed by atoms with van der Waals surface area (Å²) in [7, 11) is 0. The molecule has 0 bridgehead atoms. The Bertz CT molecular complexity index is 159. The molecule has 1 atom stereocenters. The van der Waals surface area contributed by atoms with Crippen LogP contribution in [0.2, 0.25) is 0 Å². The third-order valence-electron chi connectivity index (χ3n) is 1.08. The van der Waals surface area contributed by atoms with Gasteiger partial charge in [-0.2, -0.15) is 0 Å². The van der Waals surface area contributed by atoms with E-state index in [1.165, 1.54) is 6.08 Å². The van der Waals surface area contributed by atoms with Gasteiger partial charge >= 0.3 is 0 Å². The van der Waals surface area contributed by atoms with Crippen LogP contribution >= 0.6 is 0 Å². The van der Waals surface area contributed by atoms with Gasteiger partial charge < -0.3 is 10.4 Å². The van der Waals surface area contributed by atoms with Crippen LogP contribution in [0.3, 0.4) is 0 Å². The topological polar surface area (TPSA) is 49.3 Å². The van der Waals surface area contributed by atoms with Crippen molar-refractivity contribution in [2.45, 2.75) is 26.8 Å². The van der Waals surface area contributed by atoms with Crippen molar-refractivity contribution < 1.29 is 9.90 Å². The summed E-state index contributed by atoms with van der Waals surface area (Å²) in [6, 6.07) is -0.168. The van der Waals surface area contributed by atoms with Gasteiger partial charge in [-0.1, -0.05) is 5.57 Å². The lowest BCUT2D eigenvalue weighted by Gasteiger charge is -2.07. The molecule has 0 aromatic rings. The molecule has 0 radical (unpaired) electrons. The summed E-state index contributed by atoms with van der Waals surface area (Å²) in [6.45, 7) is 5.42. The lowest BCUT2D eigenvalue weighted by molar-refractivity contribution is -0.117. The van der Waals surface area contributed by atoms with Gasteiger partial charge in [-0.15, -0.1) is 0 Å². The van der Waals surface area contributed by atoms with Crippen molar-refractivity contribution in [3.63, 3.8) is 0 Å². The minimum atomic E-state index is -0.168. The molecule has 0 rings (SSSR count). The maximum atomic E-state index is 10.9. The molecule has 0 aromatic carbocycles. The Morgan fingerprint density at radius 3 is 2.55 bits per heavy atom. The number of nitrogens with one attached hydrogen (secondary N) is 1. The molecule has 64 valence electrons. The van der Waals surface area contributed by atoms with E-state index in [-0.39, 0.29) is 18.6 Å². The molecule has 3 heteroatoms. The monoisotopic (exact) mass is 157 g/mol. The number of amides is 1. The van der Waals surface area contributed by atoms with Crippen LogP contribution in [0.4, 0.5) is 0 Å². The number of hydrogen-bond acceptors (Lipinski definition) is 2. The summed E-state index contributed by atoms with van der Waals surface area (Å²) in [5.74, 6) is -0.147. The molecule has 0 aliphatic rings. The van der Waals surface area contributed by atoms with E-state index in [1.807, 2.05) is 13.8 Å². The first kappa shape index (κ1) is 10.2. The van der Waals surface area contributed by atoms with E-state index in [2.05, 4.69) is 5.32 Å². The van der Waals surface area contributed by atoms with E-state index < -0.39 is 0 Å². The van der Waals surface area contributed by atoms with Crippen molar-refractivity contribution >= 4 is 5.91 Å². The zero-order valence-corrected chi connectivity index (χ0v) is 7.22. The van der Waals surface area contributed by atoms with Gasteiger partial charge in [0, 0.05) is 12.1 Å². The van der Waals surface area contributed by atoms with Crippen LogP contribution in [0.1, 0.15) is 20.8 Å². The maximum Gasteiger partial charge on any atom is 0.244 e. The van der Waals surface area contributed by atoms with Gasteiger partial charge in [0.2, 0.25) is 5.91 Å². The molecular weight excluding hydrogens is 142 g/mol.